The number of fused-ring (bicyclic) bond motifs is 4. The normalized spacial score (nSPS) is 27.4. The SMILES string of the molecule is CC.Cc1ccc2c(c1)C1(CC1)C1C=CC(N)=CC1O2. The second-order valence-electron chi connectivity index (χ2n) is 5.79. The highest BCUT2D eigenvalue weighted by molar-refractivity contribution is 5.51. The molecule has 2 N–H and O–H groups in total. The first-order valence-electron chi connectivity index (χ1n) is 7.62. The molecule has 0 bridgehead atoms. The Balaban J connectivity index is 0.000000581. The Morgan fingerprint density at radius 2 is 2.00 bits per heavy atom. The molecule has 1 aromatic carbocycles. The van der Waals surface area contributed by atoms with Crippen LogP contribution in [0.3, 0.4) is 0 Å². The fourth-order valence-electron chi connectivity index (χ4n) is 3.48. The zero-order valence-electron chi connectivity index (χ0n) is 12.5. The Morgan fingerprint density at radius 3 is 2.70 bits per heavy atom. The first-order valence-corrected chi connectivity index (χ1v) is 7.62. The van der Waals surface area contributed by atoms with Crippen molar-refractivity contribution in [2.45, 2.75) is 45.1 Å². The fourth-order valence-corrected chi connectivity index (χ4v) is 3.48. The largest absolute Gasteiger partial charge is 0.485 e. The van der Waals surface area contributed by atoms with E-state index in [9.17, 15) is 0 Å². The summed E-state index contributed by atoms with van der Waals surface area (Å²) in [6.07, 6.45) is 9.00. The van der Waals surface area contributed by atoms with Crippen LogP contribution in [0.15, 0.2) is 42.1 Å². The molecule has 1 aliphatic heterocycles. The van der Waals surface area contributed by atoms with E-state index in [1.165, 1.54) is 24.0 Å². The second-order valence-corrected chi connectivity index (χ2v) is 5.79. The fraction of sp³-hybridized carbons (Fsp3) is 0.444. The van der Waals surface area contributed by atoms with Crippen LogP contribution in [0.1, 0.15) is 37.8 Å². The summed E-state index contributed by atoms with van der Waals surface area (Å²) in [5.74, 6) is 1.51. The average Bonchev–Trinajstić information content (AvgIpc) is 3.24. The molecule has 3 aliphatic rings. The first-order chi connectivity index (χ1) is 9.69. The maximum Gasteiger partial charge on any atom is 0.126 e. The molecule has 0 saturated heterocycles. The minimum Gasteiger partial charge on any atom is -0.485 e. The van der Waals surface area contributed by atoms with Crippen molar-refractivity contribution in [1.82, 2.24) is 0 Å². The lowest BCUT2D eigenvalue weighted by Gasteiger charge is -2.39. The van der Waals surface area contributed by atoms with Gasteiger partial charge < -0.3 is 10.5 Å². The van der Waals surface area contributed by atoms with Crippen molar-refractivity contribution in [2.24, 2.45) is 11.7 Å². The monoisotopic (exact) mass is 269 g/mol. The van der Waals surface area contributed by atoms with Gasteiger partial charge in [0, 0.05) is 22.6 Å². The van der Waals surface area contributed by atoms with Crippen molar-refractivity contribution in [2.75, 3.05) is 0 Å². The summed E-state index contributed by atoms with van der Waals surface area (Å²) in [5, 5.41) is 0. The summed E-state index contributed by atoms with van der Waals surface area (Å²) < 4.78 is 6.13. The number of aryl methyl sites for hydroxylation is 1. The molecule has 1 spiro atoms. The second kappa shape index (κ2) is 4.69. The van der Waals surface area contributed by atoms with Crippen molar-refractivity contribution in [3.05, 3.63) is 53.3 Å². The average molecular weight is 269 g/mol. The van der Waals surface area contributed by atoms with Gasteiger partial charge in [-0.1, -0.05) is 37.6 Å². The van der Waals surface area contributed by atoms with E-state index in [-0.39, 0.29) is 6.10 Å². The molecular formula is C18H23NO. The minimum atomic E-state index is 0.118. The molecule has 1 aromatic rings. The lowest BCUT2D eigenvalue weighted by molar-refractivity contribution is 0.146. The molecule has 1 heterocycles. The van der Waals surface area contributed by atoms with Crippen LogP contribution in [0.4, 0.5) is 0 Å². The molecule has 0 radical (unpaired) electrons. The Hall–Kier alpha value is -1.70. The Labute approximate surface area is 121 Å². The van der Waals surface area contributed by atoms with Gasteiger partial charge in [0.25, 0.3) is 0 Å². The van der Waals surface area contributed by atoms with Crippen LogP contribution in [0.25, 0.3) is 0 Å². The number of benzene rings is 1. The Kier molecular flexibility index (Phi) is 3.12. The van der Waals surface area contributed by atoms with Crippen LogP contribution in [0.5, 0.6) is 5.75 Å². The Morgan fingerprint density at radius 1 is 1.25 bits per heavy atom. The van der Waals surface area contributed by atoms with Crippen LogP contribution in [-0.2, 0) is 5.41 Å². The lowest BCUT2D eigenvalue weighted by Crippen LogP contribution is -2.40. The predicted octanol–water partition coefficient (Wildman–Crippen LogP) is 3.84. The molecule has 2 unspecified atom stereocenters. The van der Waals surface area contributed by atoms with E-state index in [1.54, 1.807) is 0 Å². The van der Waals surface area contributed by atoms with Crippen LogP contribution >= 0.6 is 0 Å². The highest BCUT2D eigenvalue weighted by Gasteiger charge is 2.56. The van der Waals surface area contributed by atoms with Gasteiger partial charge >= 0.3 is 0 Å². The molecule has 20 heavy (non-hydrogen) atoms. The third-order valence-corrected chi connectivity index (χ3v) is 4.57. The van der Waals surface area contributed by atoms with E-state index in [0.717, 1.165) is 11.4 Å². The van der Waals surface area contributed by atoms with Gasteiger partial charge in [0.05, 0.1) is 0 Å². The van der Waals surface area contributed by atoms with Gasteiger partial charge in [-0.25, -0.2) is 0 Å². The van der Waals surface area contributed by atoms with Crippen LogP contribution in [-0.4, -0.2) is 6.10 Å². The van der Waals surface area contributed by atoms with Crippen LogP contribution in [0.2, 0.25) is 0 Å². The smallest absolute Gasteiger partial charge is 0.126 e. The van der Waals surface area contributed by atoms with E-state index in [1.807, 2.05) is 19.9 Å². The minimum absolute atomic E-state index is 0.118. The standard InChI is InChI=1S/C16H17NO.C2H6/c1-10-2-5-14-13(8-10)16(6-7-16)12-4-3-11(17)9-15(12)18-14;1-2/h2-5,8-9,12,15H,6-7,17H2,1H3;1-2H3. The zero-order chi connectivity index (χ0) is 14.3. The highest BCUT2D eigenvalue weighted by atomic mass is 16.5. The molecule has 2 atom stereocenters. The number of allylic oxidation sites excluding steroid dienone is 1. The predicted molar refractivity (Wildman–Crippen MR) is 82.8 cm³/mol. The topological polar surface area (TPSA) is 35.2 Å². The third-order valence-electron chi connectivity index (χ3n) is 4.57. The molecule has 2 heteroatoms. The summed E-state index contributed by atoms with van der Waals surface area (Å²) >= 11 is 0. The summed E-state index contributed by atoms with van der Waals surface area (Å²) in [6, 6.07) is 6.54. The lowest BCUT2D eigenvalue weighted by atomic mass is 9.74. The van der Waals surface area contributed by atoms with E-state index < -0.39 is 0 Å². The van der Waals surface area contributed by atoms with E-state index in [4.69, 9.17) is 10.5 Å². The van der Waals surface area contributed by atoms with E-state index in [0.29, 0.717) is 11.3 Å². The zero-order valence-corrected chi connectivity index (χ0v) is 12.5. The molecule has 1 saturated carbocycles. The van der Waals surface area contributed by atoms with E-state index in [2.05, 4.69) is 37.3 Å². The molecule has 1 fully saturated rings. The summed E-state index contributed by atoms with van der Waals surface area (Å²) in [6.45, 7) is 6.15. The highest BCUT2D eigenvalue weighted by Crippen LogP contribution is 2.61. The molecular weight excluding hydrogens is 246 g/mol. The van der Waals surface area contributed by atoms with Gasteiger partial charge in [-0.3, -0.25) is 0 Å². The number of hydrogen-bond donors (Lipinski definition) is 1. The summed E-state index contributed by atoms with van der Waals surface area (Å²) in [7, 11) is 0. The third kappa shape index (κ3) is 1.86. The summed E-state index contributed by atoms with van der Waals surface area (Å²) in [4.78, 5) is 0. The van der Waals surface area contributed by atoms with Gasteiger partial charge in [-0.05, 0) is 38.0 Å². The van der Waals surface area contributed by atoms with Crippen molar-refractivity contribution >= 4 is 0 Å². The molecule has 2 nitrogen and oxygen atoms in total. The number of ether oxygens (including phenoxy) is 1. The van der Waals surface area contributed by atoms with Crippen molar-refractivity contribution in [3.8, 4) is 5.75 Å². The number of hydrogen-bond acceptors (Lipinski definition) is 2. The van der Waals surface area contributed by atoms with Gasteiger partial charge in [-0.15, -0.1) is 0 Å². The van der Waals surface area contributed by atoms with Gasteiger partial charge in [0.2, 0.25) is 0 Å². The van der Waals surface area contributed by atoms with Crippen molar-refractivity contribution < 1.29 is 4.74 Å². The maximum atomic E-state index is 6.13. The Bertz CT molecular complexity index is 581. The first kappa shape index (κ1) is 13.3. The maximum absolute atomic E-state index is 6.13. The quantitative estimate of drug-likeness (QED) is 0.776. The van der Waals surface area contributed by atoms with Crippen LogP contribution < -0.4 is 10.5 Å². The van der Waals surface area contributed by atoms with Gasteiger partial charge in [0.1, 0.15) is 11.9 Å². The molecule has 4 rings (SSSR count). The summed E-state index contributed by atoms with van der Waals surface area (Å²) in [5.41, 5.74) is 9.75. The molecule has 0 aromatic heterocycles. The molecule has 0 amide bonds. The van der Waals surface area contributed by atoms with Gasteiger partial charge in [-0.2, -0.15) is 0 Å². The number of nitrogens with two attached hydrogens (primary N) is 1. The van der Waals surface area contributed by atoms with Crippen LogP contribution in [0, 0.1) is 12.8 Å². The molecule has 106 valence electrons. The van der Waals surface area contributed by atoms with Crippen molar-refractivity contribution in [1.29, 1.82) is 0 Å². The number of rotatable bonds is 0. The van der Waals surface area contributed by atoms with Crippen molar-refractivity contribution in [3.63, 3.8) is 0 Å². The van der Waals surface area contributed by atoms with Gasteiger partial charge in [0.15, 0.2) is 0 Å². The molecule has 2 aliphatic carbocycles. The van der Waals surface area contributed by atoms with E-state index >= 15 is 0 Å².